The van der Waals surface area contributed by atoms with Crippen LogP contribution in [0, 0.1) is 5.92 Å². The van der Waals surface area contributed by atoms with Gasteiger partial charge in [0.1, 0.15) is 6.10 Å². The first-order valence-electron chi connectivity index (χ1n) is 9.04. The van der Waals surface area contributed by atoms with Gasteiger partial charge in [0.2, 0.25) is 0 Å². The monoisotopic (exact) mass is 340 g/mol. The third-order valence-electron chi connectivity index (χ3n) is 5.35. The molecule has 24 heavy (non-hydrogen) atoms. The van der Waals surface area contributed by atoms with Crippen molar-refractivity contribution < 1.29 is 23.8 Å². The molecule has 0 aromatic carbocycles. The second kappa shape index (κ2) is 8.16. The van der Waals surface area contributed by atoms with Gasteiger partial charge in [0.15, 0.2) is 0 Å². The Morgan fingerprint density at radius 3 is 2.46 bits per heavy atom. The Bertz CT molecular complexity index is 444. The Morgan fingerprint density at radius 2 is 1.79 bits per heavy atom. The highest BCUT2D eigenvalue weighted by atomic mass is 16.5. The van der Waals surface area contributed by atoms with Crippen molar-refractivity contribution in [2.24, 2.45) is 5.92 Å². The summed E-state index contributed by atoms with van der Waals surface area (Å²) in [6.07, 6.45) is 5.39. The highest BCUT2D eigenvalue weighted by Crippen LogP contribution is 2.26. The van der Waals surface area contributed by atoms with Crippen molar-refractivity contribution in [3.05, 3.63) is 0 Å². The van der Waals surface area contributed by atoms with E-state index in [9.17, 15) is 9.59 Å². The number of amides is 2. The van der Waals surface area contributed by atoms with Crippen molar-refractivity contribution >= 4 is 12.0 Å². The van der Waals surface area contributed by atoms with Crippen LogP contribution in [0.1, 0.15) is 38.5 Å². The zero-order chi connectivity index (χ0) is 16.9. The second-order valence-electron chi connectivity index (χ2n) is 6.93. The van der Waals surface area contributed by atoms with E-state index in [4.69, 9.17) is 14.2 Å². The maximum atomic E-state index is 12.5. The lowest BCUT2D eigenvalue weighted by molar-refractivity contribution is -0.146. The van der Waals surface area contributed by atoms with Crippen molar-refractivity contribution in [1.82, 2.24) is 10.2 Å². The van der Waals surface area contributed by atoms with Crippen LogP contribution in [0.2, 0.25) is 0 Å². The molecule has 7 nitrogen and oxygen atoms in total. The largest absolute Gasteiger partial charge is 0.469 e. The molecular formula is C17H28N2O5. The summed E-state index contributed by atoms with van der Waals surface area (Å²) in [5.41, 5.74) is 0. The number of urea groups is 1. The second-order valence-corrected chi connectivity index (χ2v) is 6.93. The average Bonchev–Trinajstić information content (AvgIpc) is 3.16. The number of nitrogens with one attached hydrogen (secondary N) is 1. The van der Waals surface area contributed by atoms with Crippen LogP contribution in [-0.4, -0.2) is 68.6 Å². The molecule has 2 saturated heterocycles. The number of methoxy groups -OCH3 is 1. The lowest BCUT2D eigenvalue weighted by atomic mass is 9.86. The Morgan fingerprint density at radius 1 is 1.04 bits per heavy atom. The van der Waals surface area contributed by atoms with E-state index in [0.717, 1.165) is 45.1 Å². The summed E-state index contributed by atoms with van der Waals surface area (Å²) in [6, 6.07) is 0.116. The minimum atomic E-state index is -0.132. The van der Waals surface area contributed by atoms with E-state index in [-0.39, 0.29) is 36.2 Å². The smallest absolute Gasteiger partial charge is 0.317 e. The lowest BCUT2D eigenvalue weighted by Crippen LogP contribution is -2.54. The summed E-state index contributed by atoms with van der Waals surface area (Å²) in [6.45, 7) is 2.56. The van der Waals surface area contributed by atoms with Gasteiger partial charge in [-0.25, -0.2) is 4.79 Å². The molecule has 3 rings (SSSR count). The molecule has 1 N–H and O–H groups in total. The van der Waals surface area contributed by atoms with Gasteiger partial charge in [0.05, 0.1) is 32.3 Å². The van der Waals surface area contributed by atoms with Crippen LogP contribution in [0.15, 0.2) is 0 Å². The van der Waals surface area contributed by atoms with Crippen LogP contribution in [-0.2, 0) is 19.0 Å². The Balaban J connectivity index is 1.44. The first-order chi connectivity index (χ1) is 11.7. The average molecular weight is 340 g/mol. The standard InChI is InChI=1S/C17H28N2O5/c1-22-16(20)12-4-6-13(7-5-12)18-17(21)19-8-10-24-15(11-19)14-3-2-9-23-14/h12-15H,2-11H2,1H3,(H,18,21). The molecule has 2 amide bonds. The number of carbonyl (C=O) groups is 2. The van der Waals surface area contributed by atoms with Crippen LogP contribution in [0.3, 0.4) is 0 Å². The molecule has 0 aromatic heterocycles. The van der Waals surface area contributed by atoms with Crippen molar-refractivity contribution in [2.45, 2.75) is 56.8 Å². The Kier molecular flexibility index (Phi) is 5.94. The molecule has 1 aliphatic carbocycles. The highest BCUT2D eigenvalue weighted by molar-refractivity contribution is 5.75. The first-order valence-corrected chi connectivity index (χ1v) is 9.04. The van der Waals surface area contributed by atoms with Gasteiger partial charge in [-0.15, -0.1) is 0 Å². The molecule has 0 bridgehead atoms. The Labute approximate surface area is 143 Å². The molecule has 7 heteroatoms. The van der Waals surface area contributed by atoms with E-state index in [1.54, 1.807) is 0 Å². The van der Waals surface area contributed by atoms with Gasteiger partial charge < -0.3 is 24.4 Å². The van der Waals surface area contributed by atoms with Crippen molar-refractivity contribution in [2.75, 3.05) is 33.4 Å². The molecule has 2 unspecified atom stereocenters. The summed E-state index contributed by atoms with van der Waals surface area (Å²) in [5.74, 6) is -0.150. The molecule has 2 heterocycles. The fourth-order valence-corrected chi connectivity index (χ4v) is 3.89. The minimum absolute atomic E-state index is 0.0120. The molecule has 2 aliphatic heterocycles. The number of hydrogen-bond acceptors (Lipinski definition) is 5. The maximum absolute atomic E-state index is 12.5. The normalized spacial score (nSPS) is 34.0. The van der Waals surface area contributed by atoms with Crippen molar-refractivity contribution in [3.63, 3.8) is 0 Å². The predicted octanol–water partition coefficient (Wildman–Crippen LogP) is 1.31. The van der Waals surface area contributed by atoms with Gasteiger partial charge in [0.25, 0.3) is 0 Å². The zero-order valence-electron chi connectivity index (χ0n) is 14.4. The van der Waals surface area contributed by atoms with Crippen LogP contribution in [0.5, 0.6) is 0 Å². The van der Waals surface area contributed by atoms with E-state index in [0.29, 0.717) is 19.7 Å². The number of ether oxygens (including phenoxy) is 3. The topological polar surface area (TPSA) is 77.1 Å². The van der Waals surface area contributed by atoms with Crippen molar-refractivity contribution in [3.8, 4) is 0 Å². The molecule has 0 spiro atoms. The van der Waals surface area contributed by atoms with Gasteiger partial charge in [-0.1, -0.05) is 0 Å². The first kappa shape index (κ1) is 17.5. The number of hydrogen-bond donors (Lipinski definition) is 1. The van der Waals surface area contributed by atoms with Crippen molar-refractivity contribution in [1.29, 1.82) is 0 Å². The summed E-state index contributed by atoms with van der Waals surface area (Å²) in [7, 11) is 1.43. The molecule has 1 saturated carbocycles. The van der Waals surface area contributed by atoms with E-state index in [2.05, 4.69) is 5.32 Å². The maximum Gasteiger partial charge on any atom is 0.317 e. The predicted molar refractivity (Wildman–Crippen MR) is 86.6 cm³/mol. The van der Waals surface area contributed by atoms with E-state index in [1.807, 2.05) is 4.90 Å². The number of nitrogens with zero attached hydrogens (tertiary/aromatic N) is 1. The number of morpholine rings is 1. The third-order valence-corrected chi connectivity index (χ3v) is 5.35. The summed E-state index contributed by atoms with van der Waals surface area (Å²) < 4.78 is 16.3. The van der Waals surface area contributed by atoms with Crippen LogP contribution < -0.4 is 5.32 Å². The van der Waals surface area contributed by atoms with Gasteiger partial charge >= 0.3 is 12.0 Å². The fraction of sp³-hybridized carbons (Fsp3) is 0.882. The van der Waals surface area contributed by atoms with Gasteiger partial charge in [-0.3, -0.25) is 4.79 Å². The quantitative estimate of drug-likeness (QED) is 0.784. The number of rotatable bonds is 3. The van der Waals surface area contributed by atoms with E-state index < -0.39 is 0 Å². The molecule has 3 fully saturated rings. The molecule has 0 aromatic rings. The summed E-state index contributed by atoms with van der Waals surface area (Å²) >= 11 is 0. The van der Waals surface area contributed by atoms with Gasteiger partial charge in [-0.2, -0.15) is 0 Å². The molecule has 3 aliphatic rings. The molecule has 0 radical (unpaired) electrons. The van der Waals surface area contributed by atoms with Crippen LogP contribution in [0.4, 0.5) is 4.79 Å². The summed E-state index contributed by atoms with van der Waals surface area (Å²) in [4.78, 5) is 25.9. The van der Waals surface area contributed by atoms with Gasteiger partial charge in [-0.05, 0) is 38.5 Å². The Hall–Kier alpha value is -1.34. The highest BCUT2D eigenvalue weighted by Gasteiger charge is 2.34. The summed E-state index contributed by atoms with van der Waals surface area (Å²) in [5, 5.41) is 3.12. The van der Waals surface area contributed by atoms with E-state index >= 15 is 0 Å². The lowest BCUT2D eigenvalue weighted by Gasteiger charge is -2.37. The van der Waals surface area contributed by atoms with E-state index in [1.165, 1.54) is 7.11 Å². The number of esters is 1. The molecule has 136 valence electrons. The third kappa shape index (κ3) is 4.19. The SMILES string of the molecule is COC(=O)C1CCC(NC(=O)N2CCOC(C3CCCO3)C2)CC1. The number of carbonyl (C=O) groups excluding carboxylic acids is 2. The van der Waals surface area contributed by atoms with Crippen LogP contribution in [0.25, 0.3) is 0 Å². The fourth-order valence-electron chi connectivity index (χ4n) is 3.89. The van der Waals surface area contributed by atoms with Crippen LogP contribution >= 0.6 is 0 Å². The molecular weight excluding hydrogens is 312 g/mol. The van der Waals surface area contributed by atoms with Gasteiger partial charge in [0, 0.05) is 19.2 Å². The zero-order valence-corrected chi connectivity index (χ0v) is 14.4. The minimum Gasteiger partial charge on any atom is -0.469 e. The molecule has 2 atom stereocenters.